The summed E-state index contributed by atoms with van der Waals surface area (Å²) in [4.78, 5) is 14.2. The molecule has 1 aromatic carbocycles. The lowest BCUT2D eigenvalue weighted by Crippen LogP contribution is -2.47. The van der Waals surface area contributed by atoms with Gasteiger partial charge >= 0.3 is 0 Å². The van der Waals surface area contributed by atoms with Crippen LogP contribution in [0.5, 0.6) is 5.75 Å². The maximum atomic E-state index is 12.1. The molecule has 128 valence electrons. The number of amides is 1. The second kappa shape index (κ2) is 6.87. The number of carbonyl (C=O) groups is 1. The molecule has 3 N–H and O–H groups in total. The smallest absolute Gasteiger partial charge is 0.228 e. The van der Waals surface area contributed by atoms with Crippen LogP contribution < -0.4 is 5.32 Å². The monoisotopic (exact) mass is 348 g/mol. The number of halogens is 1. The molecule has 5 nitrogen and oxygen atoms in total. The van der Waals surface area contributed by atoms with E-state index in [1.54, 1.807) is 12.1 Å². The molecular weight excluding hydrogens is 328 g/mol. The third kappa shape index (κ3) is 4.10. The summed E-state index contributed by atoms with van der Waals surface area (Å²) < 4.78 is 0. The molecule has 0 aromatic heterocycles. The van der Waals surface area contributed by atoms with Crippen molar-refractivity contribution < 1.29 is 15.0 Å². The Bertz CT molecular complexity index is 696. The normalized spacial score (nSPS) is 18.8. The number of carbonyl (C=O) groups excluding carboxylic acids is 1. The lowest BCUT2D eigenvalue weighted by Gasteiger charge is -2.40. The molecule has 2 aliphatic rings. The van der Waals surface area contributed by atoms with Crippen molar-refractivity contribution in [1.82, 2.24) is 10.2 Å². The second-order valence-electron chi connectivity index (χ2n) is 6.48. The van der Waals surface area contributed by atoms with Crippen molar-refractivity contribution in [2.75, 3.05) is 13.1 Å². The van der Waals surface area contributed by atoms with Gasteiger partial charge in [0, 0.05) is 35.6 Å². The van der Waals surface area contributed by atoms with Crippen LogP contribution in [-0.2, 0) is 11.2 Å². The van der Waals surface area contributed by atoms with E-state index in [0.29, 0.717) is 23.7 Å². The third-order valence-corrected chi connectivity index (χ3v) is 4.70. The molecule has 0 atom stereocenters. The molecule has 6 heteroatoms. The Morgan fingerprint density at radius 1 is 1.38 bits per heavy atom. The van der Waals surface area contributed by atoms with Crippen LogP contribution in [0.2, 0.25) is 5.02 Å². The van der Waals surface area contributed by atoms with E-state index in [-0.39, 0.29) is 18.1 Å². The number of allylic oxidation sites excluding steroid dienone is 1. The molecule has 1 saturated carbocycles. The van der Waals surface area contributed by atoms with E-state index in [9.17, 15) is 15.0 Å². The van der Waals surface area contributed by atoms with Gasteiger partial charge in [-0.1, -0.05) is 11.6 Å². The van der Waals surface area contributed by atoms with Crippen LogP contribution in [0.4, 0.5) is 0 Å². The van der Waals surface area contributed by atoms with Crippen LogP contribution in [0, 0.1) is 0 Å². The van der Waals surface area contributed by atoms with Gasteiger partial charge in [-0.2, -0.15) is 0 Å². The summed E-state index contributed by atoms with van der Waals surface area (Å²) in [6, 6.07) is 4.64. The molecule has 1 amide bonds. The summed E-state index contributed by atoms with van der Waals surface area (Å²) in [6.07, 6.45) is 8.48. The minimum Gasteiger partial charge on any atom is -0.508 e. The van der Waals surface area contributed by atoms with Crippen LogP contribution in [0.25, 0.3) is 0 Å². The maximum absolute atomic E-state index is 12.1. The van der Waals surface area contributed by atoms with Gasteiger partial charge in [-0.3, -0.25) is 4.79 Å². The van der Waals surface area contributed by atoms with Crippen molar-refractivity contribution >= 4 is 17.5 Å². The average Bonchev–Trinajstić information content (AvgIpc) is 2.51. The summed E-state index contributed by atoms with van der Waals surface area (Å²) in [5.41, 5.74) is 0.663. The minimum absolute atomic E-state index is 0.0566. The van der Waals surface area contributed by atoms with E-state index in [0.717, 1.165) is 25.0 Å². The van der Waals surface area contributed by atoms with Crippen molar-refractivity contribution in [3.8, 4) is 5.75 Å². The van der Waals surface area contributed by atoms with Crippen LogP contribution in [0.15, 0.2) is 42.2 Å². The average molecular weight is 349 g/mol. The van der Waals surface area contributed by atoms with Gasteiger partial charge in [-0.05, 0) is 49.6 Å². The SMILES string of the molecule is O=C(Cc1cc(Cl)ccc1O)NC1=CCN(CC2(O)CCC2)C=C1. The maximum Gasteiger partial charge on any atom is 0.228 e. The minimum atomic E-state index is -0.553. The predicted octanol–water partition coefficient (Wildman–Crippen LogP) is 2.33. The number of hydrogen-bond donors (Lipinski definition) is 3. The molecule has 1 heterocycles. The molecule has 1 aliphatic carbocycles. The van der Waals surface area contributed by atoms with Crippen molar-refractivity contribution in [3.63, 3.8) is 0 Å². The third-order valence-electron chi connectivity index (χ3n) is 4.47. The summed E-state index contributed by atoms with van der Waals surface area (Å²) >= 11 is 5.89. The molecular formula is C18H21ClN2O3. The van der Waals surface area contributed by atoms with Crippen LogP contribution >= 0.6 is 11.6 Å². The number of nitrogens with zero attached hydrogens (tertiary/aromatic N) is 1. The molecule has 0 unspecified atom stereocenters. The Hall–Kier alpha value is -1.98. The van der Waals surface area contributed by atoms with Crippen molar-refractivity contribution in [1.29, 1.82) is 0 Å². The molecule has 1 fully saturated rings. The fourth-order valence-corrected chi connectivity index (χ4v) is 3.13. The Balaban J connectivity index is 1.51. The summed E-state index contributed by atoms with van der Waals surface area (Å²) in [5.74, 6) is -0.155. The molecule has 0 bridgehead atoms. The molecule has 24 heavy (non-hydrogen) atoms. The highest BCUT2D eigenvalue weighted by Crippen LogP contribution is 2.32. The number of aliphatic hydroxyl groups is 1. The lowest BCUT2D eigenvalue weighted by molar-refractivity contribution is -0.119. The van der Waals surface area contributed by atoms with Crippen LogP contribution in [0.3, 0.4) is 0 Å². The van der Waals surface area contributed by atoms with E-state index in [4.69, 9.17) is 11.6 Å². The van der Waals surface area contributed by atoms with E-state index >= 15 is 0 Å². The number of hydrogen-bond acceptors (Lipinski definition) is 4. The van der Waals surface area contributed by atoms with Crippen molar-refractivity contribution in [3.05, 3.63) is 52.8 Å². The molecule has 0 spiro atoms. The summed E-state index contributed by atoms with van der Waals surface area (Å²) in [7, 11) is 0. The van der Waals surface area contributed by atoms with Crippen molar-refractivity contribution in [2.45, 2.75) is 31.3 Å². The first-order valence-corrected chi connectivity index (χ1v) is 8.43. The highest BCUT2D eigenvalue weighted by atomic mass is 35.5. The number of nitrogens with one attached hydrogen (secondary N) is 1. The van der Waals surface area contributed by atoms with Gasteiger partial charge in [0.2, 0.25) is 5.91 Å². The van der Waals surface area contributed by atoms with Crippen LogP contribution in [0.1, 0.15) is 24.8 Å². The number of β-amino-alcohol motifs (C(OH)–C–C–N with tert-alkyl or cyclic N) is 1. The molecule has 0 radical (unpaired) electrons. The quantitative estimate of drug-likeness (QED) is 0.763. The van der Waals surface area contributed by atoms with Gasteiger partial charge in [-0.15, -0.1) is 0 Å². The van der Waals surface area contributed by atoms with Gasteiger partial charge in [-0.25, -0.2) is 0 Å². The Labute approximate surface area is 146 Å². The topological polar surface area (TPSA) is 72.8 Å². The fourth-order valence-electron chi connectivity index (χ4n) is 2.94. The van der Waals surface area contributed by atoms with E-state index in [2.05, 4.69) is 5.32 Å². The highest BCUT2D eigenvalue weighted by molar-refractivity contribution is 6.30. The van der Waals surface area contributed by atoms with E-state index in [1.165, 1.54) is 6.07 Å². The fraction of sp³-hybridized carbons (Fsp3) is 0.389. The molecule has 1 aromatic rings. The predicted molar refractivity (Wildman–Crippen MR) is 92.6 cm³/mol. The largest absolute Gasteiger partial charge is 0.508 e. The Morgan fingerprint density at radius 2 is 2.17 bits per heavy atom. The Kier molecular flexibility index (Phi) is 4.83. The number of rotatable bonds is 5. The van der Waals surface area contributed by atoms with E-state index in [1.807, 2.05) is 23.3 Å². The van der Waals surface area contributed by atoms with Gasteiger partial charge in [0.1, 0.15) is 5.75 Å². The first-order valence-electron chi connectivity index (χ1n) is 8.06. The first-order chi connectivity index (χ1) is 11.4. The second-order valence-corrected chi connectivity index (χ2v) is 6.92. The standard InChI is InChI=1S/C18H21ClN2O3/c19-14-2-3-16(22)13(10-14)11-17(23)20-15-4-8-21(9-5-15)12-18(24)6-1-7-18/h2-5,8,10,22,24H,1,6-7,9,11-12H2,(H,20,23). The summed E-state index contributed by atoms with van der Waals surface area (Å²) in [5, 5.41) is 23.3. The zero-order valence-corrected chi connectivity index (χ0v) is 14.1. The van der Waals surface area contributed by atoms with Gasteiger partial charge < -0.3 is 20.4 Å². The van der Waals surface area contributed by atoms with Gasteiger partial charge in [0.05, 0.1) is 12.0 Å². The number of phenolic OH excluding ortho intramolecular Hbond substituents is 1. The van der Waals surface area contributed by atoms with Gasteiger partial charge in [0.15, 0.2) is 0 Å². The number of benzene rings is 1. The van der Waals surface area contributed by atoms with Gasteiger partial charge in [0.25, 0.3) is 0 Å². The zero-order valence-electron chi connectivity index (χ0n) is 13.3. The van der Waals surface area contributed by atoms with E-state index < -0.39 is 5.60 Å². The number of aromatic hydroxyl groups is 1. The summed E-state index contributed by atoms with van der Waals surface area (Å²) in [6.45, 7) is 1.27. The molecule has 0 saturated heterocycles. The van der Waals surface area contributed by atoms with Crippen molar-refractivity contribution in [2.24, 2.45) is 0 Å². The molecule has 3 rings (SSSR count). The Morgan fingerprint density at radius 3 is 2.79 bits per heavy atom. The number of phenols is 1. The highest BCUT2D eigenvalue weighted by Gasteiger charge is 2.35. The lowest BCUT2D eigenvalue weighted by atomic mass is 9.80. The zero-order chi connectivity index (χ0) is 17.2. The molecule has 1 aliphatic heterocycles. The first kappa shape index (κ1) is 16.9. The van der Waals surface area contributed by atoms with Crippen LogP contribution in [-0.4, -0.2) is 39.7 Å².